The molecule has 1 saturated heterocycles. The van der Waals surface area contributed by atoms with E-state index in [-0.39, 0.29) is 48.5 Å². The lowest BCUT2D eigenvalue weighted by molar-refractivity contribution is -0.190. The molecule has 0 radical (unpaired) electrons. The molecule has 1 unspecified atom stereocenters. The number of hydroxylamine groups is 1. The zero-order valence-corrected chi connectivity index (χ0v) is 20.2. The molecule has 1 fully saturated rings. The van der Waals surface area contributed by atoms with Crippen LogP contribution in [0.15, 0.2) is 58.7 Å². The molecular weight excluding hydrogens is 551 g/mol. The molecular formula is C23H22F7NO6S. The van der Waals surface area contributed by atoms with Crippen LogP contribution in [0.2, 0.25) is 0 Å². The quantitative estimate of drug-likeness (QED) is 0.281. The lowest BCUT2D eigenvalue weighted by atomic mass is 9.98. The van der Waals surface area contributed by atoms with Crippen molar-refractivity contribution < 1.29 is 58.6 Å². The van der Waals surface area contributed by atoms with Gasteiger partial charge < -0.3 is 9.47 Å². The Bertz CT molecular complexity index is 1230. The number of carbonyl (C=O) groups is 1. The number of nitrogens with one attached hydrogen (secondary N) is 1. The summed E-state index contributed by atoms with van der Waals surface area (Å²) in [4.78, 5) is 12.0. The lowest BCUT2D eigenvalue weighted by Gasteiger charge is -2.34. The molecule has 1 aliphatic heterocycles. The molecule has 2 N–H and O–H groups in total. The Labute approximate surface area is 212 Å². The highest BCUT2D eigenvalue weighted by atomic mass is 32.2. The summed E-state index contributed by atoms with van der Waals surface area (Å²) in [5.41, 5.74) is -0.0220. The highest BCUT2D eigenvalue weighted by Crippen LogP contribution is 2.39. The van der Waals surface area contributed by atoms with Gasteiger partial charge in [-0.2, -0.15) is 26.3 Å². The number of halogens is 7. The van der Waals surface area contributed by atoms with Crippen LogP contribution in [0.4, 0.5) is 30.7 Å². The number of amides is 1. The van der Waals surface area contributed by atoms with E-state index >= 15 is 0 Å². The topological polar surface area (TPSA) is 102 Å². The van der Waals surface area contributed by atoms with Gasteiger partial charge in [0, 0.05) is 13.2 Å². The fraction of sp³-hybridized carbons (Fsp3) is 0.435. The van der Waals surface area contributed by atoms with Gasteiger partial charge in [0.2, 0.25) is 6.17 Å². The van der Waals surface area contributed by atoms with E-state index in [1.165, 1.54) is 23.7 Å². The van der Waals surface area contributed by atoms with Crippen molar-refractivity contribution in [3.63, 3.8) is 0 Å². The summed E-state index contributed by atoms with van der Waals surface area (Å²) in [7, 11) is -4.38. The highest BCUT2D eigenvalue weighted by molar-refractivity contribution is 7.93. The van der Waals surface area contributed by atoms with Gasteiger partial charge >= 0.3 is 12.4 Å². The number of sulfone groups is 1. The van der Waals surface area contributed by atoms with Gasteiger partial charge in [-0.1, -0.05) is 18.2 Å². The fourth-order valence-electron chi connectivity index (χ4n) is 3.98. The van der Waals surface area contributed by atoms with Crippen molar-refractivity contribution in [3.8, 4) is 0 Å². The van der Waals surface area contributed by atoms with E-state index in [4.69, 9.17) is 9.94 Å². The molecule has 2 aliphatic rings. The van der Waals surface area contributed by atoms with E-state index in [1.54, 1.807) is 0 Å². The predicted octanol–water partition coefficient (Wildman–Crippen LogP) is 4.59. The Hall–Kier alpha value is -2.91. The first-order valence-electron chi connectivity index (χ1n) is 11.0. The molecule has 1 heterocycles. The van der Waals surface area contributed by atoms with Crippen molar-refractivity contribution in [2.45, 2.75) is 47.4 Å². The van der Waals surface area contributed by atoms with Gasteiger partial charge in [-0.15, -0.1) is 0 Å². The number of hydrogen-bond acceptors (Lipinski definition) is 6. The maximum absolute atomic E-state index is 13.7. The van der Waals surface area contributed by atoms with Crippen LogP contribution in [0.1, 0.15) is 24.8 Å². The number of hydrogen-bond donors (Lipinski definition) is 2. The maximum atomic E-state index is 13.7. The van der Waals surface area contributed by atoms with Crippen LogP contribution in [0, 0.1) is 0 Å². The fourth-order valence-corrected chi connectivity index (χ4v) is 5.92. The zero-order valence-electron chi connectivity index (χ0n) is 19.4. The van der Waals surface area contributed by atoms with E-state index in [9.17, 15) is 43.9 Å². The van der Waals surface area contributed by atoms with Gasteiger partial charge in [-0.25, -0.2) is 18.3 Å². The van der Waals surface area contributed by atoms with Crippen molar-refractivity contribution >= 4 is 21.3 Å². The second kappa shape index (κ2) is 11.1. The third-order valence-corrected chi connectivity index (χ3v) is 8.60. The van der Waals surface area contributed by atoms with Crippen molar-refractivity contribution in [1.82, 2.24) is 5.48 Å². The molecule has 15 heteroatoms. The van der Waals surface area contributed by atoms with Crippen LogP contribution < -0.4 is 5.48 Å². The second-order valence-electron chi connectivity index (χ2n) is 8.41. The number of alkyl halides is 7. The van der Waals surface area contributed by atoms with Crippen molar-refractivity contribution in [3.05, 3.63) is 59.4 Å². The normalized spacial score (nSPS) is 19.4. The van der Waals surface area contributed by atoms with Gasteiger partial charge in [0.05, 0.1) is 10.5 Å². The van der Waals surface area contributed by atoms with Crippen molar-refractivity contribution in [2.24, 2.45) is 0 Å². The van der Waals surface area contributed by atoms with E-state index in [0.29, 0.717) is 6.08 Å². The summed E-state index contributed by atoms with van der Waals surface area (Å²) in [6.07, 6.45) is -11.8. The minimum atomic E-state index is -5.31. The SMILES string of the molecule is O=C(NO)C1(S(=O)(=O)c2ccc(C3=CCC=C(OCC(F)C(F)(F)F)C(C(F)(F)F)=C3)cc2)CCOCC1. The first kappa shape index (κ1) is 29.6. The van der Waals surface area contributed by atoms with Crippen LogP contribution in [0.25, 0.3) is 5.57 Å². The van der Waals surface area contributed by atoms with Crippen LogP contribution >= 0.6 is 0 Å². The van der Waals surface area contributed by atoms with Gasteiger partial charge in [0.1, 0.15) is 12.4 Å². The molecule has 0 bridgehead atoms. The smallest absolute Gasteiger partial charge is 0.423 e. The number of allylic oxidation sites excluding steroid dienone is 5. The maximum Gasteiger partial charge on any atom is 0.423 e. The Morgan fingerprint density at radius 1 is 1.08 bits per heavy atom. The highest BCUT2D eigenvalue weighted by Gasteiger charge is 2.52. The average molecular weight is 573 g/mol. The Morgan fingerprint density at radius 2 is 1.68 bits per heavy atom. The Morgan fingerprint density at radius 3 is 2.21 bits per heavy atom. The van der Waals surface area contributed by atoms with Gasteiger partial charge in [0.25, 0.3) is 5.91 Å². The van der Waals surface area contributed by atoms with Crippen LogP contribution in [-0.4, -0.2) is 62.6 Å². The van der Waals surface area contributed by atoms with E-state index in [0.717, 1.165) is 18.2 Å². The minimum Gasteiger partial charge on any atom is -0.490 e. The van der Waals surface area contributed by atoms with Crippen LogP contribution in [-0.2, 0) is 24.1 Å². The minimum absolute atomic E-state index is 0.0578. The average Bonchev–Trinajstić information content (AvgIpc) is 3.09. The first-order valence-corrected chi connectivity index (χ1v) is 12.5. The second-order valence-corrected chi connectivity index (χ2v) is 10.7. The summed E-state index contributed by atoms with van der Waals surface area (Å²) in [6, 6.07) is 4.56. The molecule has 38 heavy (non-hydrogen) atoms. The molecule has 1 aromatic carbocycles. The first-order chi connectivity index (χ1) is 17.6. The third kappa shape index (κ3) is 6.04. The number of carbonyl (C=O) groups excluding carboxylic acids is 1. The van der Waals surface area contributed by atoms with Crippen molar-refractivity contribution in [2.75, 3.05) is 19.8 Å². The van der Waals surface area contributed by atoms with E-state index in [2.05, 4.69) is 4.74 Å². The molecule has 1 aliphatic carbocycles. The number of ether oxygens (including phenoxy) is 2. The molecule has 7 nitrogen and oxygen atoms in total. The predicted molar refractivity (Wildman–Crippen MR) is 118 cm³/mol. The van der Waals surface area contributed by atoms with Gasteiger partial charge in [0.15, 0.2) is 14.6 Å². The molecule has 0 aromatic heterocycles. The summed E-state index contributed by atoms with van der Waals surface area (Å²) in [5.74, 6) is -2.12. The molecule has 3 rings (SSSR count). The van der Waals surface area contributed by atoms with Crippen LogP contribution in [0.5, 0.6) is 0 Å². The summed E-state index contributed by atoms with van der Waals surface area (Å²) in [6.45, 7) is -1.79. The van der Waals surface area contributed by atoms with E-state index in [1.807, 2.05) is 0 Å². The number of rotatable bonds is 7. The molecule has 0 spiro atoms. The largest absolute Gasteiger partial charge is 0.490 e. The molecule has 1 amide bonds. The molecule has 1 aromatic rings. The lowest BCUT2D eigenvalue weighted by Crippen LogP contribution is -2.54. The zero-order chi connectivity index (χ0) is 28.4. The van der Waals surface area contributed by atoms with Gasteiger partial charge in [-0.05, 0) is 54.7 Å². The molecule has 1 atom stereocenters. The van der Waals surface area contributed by atoms with Crippen LogP contribution in [0.3, 0.4) is 0 Å². The summed E-state index contributed by atoms with van der Waals surface area (Å²) < 4.78 is 126. The van der Waals surface area contributed by atoms with E-state index < -0.39 is 57.0 Å². The number of benzene rings is 1. The molecule has 210 valence electrons. The van der Waals surface area contributed by atoms with Crippen molar-refractivity contribution in [1.29, 1.82) is 0 Å². The molecule has 0 saturated carbocycles. The third-order valence-electron chi connectivity index (χ3n) is 6.08. The van der Waals surface area contributed by atoms with Gasteiger partial charge in [-0.3, -0.25) is 10.0 Å². The monoisotopic (exact) mass is 573 g/mol. The Balaban J connectivity index is 1.91. The standard InChI is InChI=1S/C23H22F7NO6S/c24-19(23(28,29)30)13-37-18-3-1-2-15(12-17(18)22(25,26)27)14-4-6-16(7-5-14)38(34,35)21(20(32)31-33)8-10-36-11-9-21/h2-7,12,19,33H,1,8-11,13H2,(H,31,32). The summed E-state index contributed by atoms with van der Waals surface area (Å²) in [5, 5.41) is 9.12. The Kier molecular flexibility index (Phi) is 8.63. The summed E-state index contributed by atoms with van der Waals surface area (Å²) >= 11 is 0.